The van der Waals surface area contributed by atoms with E-state index in [0.29, 0.717) is 25.7 Å². The largest absolute Gasteiger partial charge is 0.382 e. The number of benzene rings is 1. The fourth-order valence-corrected chi connectivity index (χ4v) is 2.02. The van der Waals surface area contributed by atoms with Crippen LogP contribution in [-0.4, -0.2) is 22.8 Å². The zero-order valence-electron chi connectivity index (χ0n) is 12.2. The van der Waals surface area contributed by atoms with E-state index in [1.54, 1.807) is 0 Å². The Labute approximate surface area is 122 Å². The summed E-state index contributed by atoms with van der Waals surface area (Å²) in [4.78, 5) is 4.30. The van der Waals surface area contributed by atoms with E-state index in [2.05, 4.69) is 10.3 Å². The molecule has 0 bridgehead atoms. The summed E-state index contributed by atoms with van der Waals surface area (Å²) in [5, 5.41) is 2.84. The maximum absolute atomic E-state index is 13.7. The Bertz CT molecular complexity index is 599. The molecule has 1 N–H and O–H groups in total. The van der Waals surface area contributed by atoms with Gasteiger partial charge in [-0.3, -0.25) is 0 Å². The van der Waals surface area contributed by atoms with E-state index in [4.69, 9.17) is 4.74 Å². The van der Waals surface area contributed by atoms with Crippen molar-refractivity contribution in [3.05, 3.63) is 41.7 Å². The summed E-state index contributed by atoms with van der Waals surface area (Å²) in [6, 6.07) is 4.02. The number of aryl methyl sites for hydroxylation is 2. The smallest absolute Gasteiger partial charge is 0.207 e. The minimum absolute atomic E-state index is 0.0756. The Morgan fingerprint density at radius 2 is 2.14 bits per heavy atom. The maximum atomic E-state index is 13.7. The summed E-state index contributed by atoms with van der Waals surface area (Å²) in [5.41, 5.74) is 0.886. The highest BCUT2D eigenvalue weighted by Crippen LogP contribution is 2.21. The third-order valence-electron chi connectivity index (χ3n) is 2.99. The Balaban J connectivity index is 2.10. The summed E-state index contributed by atoms with van der Waals surface area (Å²) >= 11 is 0. The molecule has 114 valence electrons. The van der Waals surface area contributed by atoms with E-state index >= 15 is 0 Å². The van der Waals surface area contributed by atoms with Crippen molar-refractivity contribution in [3.8, 4) is 0 Å². The first-order valence-corrected chi connectivity index (χ1v) is 6.94. The highest BCUT2D eigenvalue weighted by molar-refractivity contribution is 5.54. The van der Waals surface area contributed by atoms with Gasteiger partial charge in [0.1, 0.15) is 0 Å². The van der Waals surface area contributed by atoms with E-state index in [-0.39, 0.29) is 5.69 Å². The SMILES string of the molecule is CCOCCCn1cc(C)nc1Nc1cccc(F)c1F. The van der Waals surface area contributed by atoms with Crippen molar-refractivity contribution < 1.29 is 13.5 Å². The van der Waals surface area contributed by atoms with Crippen molar-refractivity contribution in [2.24, 2.45) is 0 Å². The molecule has 6 heteroatoms. The lowest BCUT2D eigenvalue weighted by Gasteiger charge is -2.10. The van der Waals surface area contributed by atoms with Crippen LogP contribution in [0.4, 0.5) is 20.4 Å². The van der Waals surface area contributed by atoms with E-state index in [0.717, 1.165) is 18.2 Å². The molecule has 0 aliphatic rings. The first-order chi connectivity index (χ1) is 10.1. The third kappa shape index (κ3) is 4.01. The molecule has 1 aromatic heterocycles. The van der Waals surface area contributed by atoms with Gasteiger partial charge in [-0.2, -0.15) is 0 Å². The van der Waals surface area contributed by atoms with Gasteiger partial charge in [0.05, 0.1) is 11.4 Å². The fraction of sp³-hybridized carbons (Fsp3) is 0.400. The summed E-state index contributed by atoms with van der Waals surface area (Å²) in [6.07, 6.45) is 2.69. The number of anilines is 2. The lowest BCUT2D eigenvalue weighted by molar-refractivity contribution is 0.142. The van der Waals surface area contributed by atoms with Crippen LogP contribution in [0.1, 0.15) is 19.0 Å². The molecule has 0 spiro atoms. The summed E-state index contributed by atoms with van der Waals surface area (Å²) in [6.45, 7) is 5.83. The molecule has 2 rings (SSSR count). The molecule has 0 amide bonds. The second-order valence-electron chi connectivity index (χ2n) is 4.68. The van der Waals surface area contributed by atoms with Gasteiger partial charge in [-0.15, -0.1) is 0 Å². The zero-order chi connectivity index (χ0) is 15.2. The van der Waals surface area contributed by atoms with Crippen LogP contribution in [-0.2, 0) is 11.3 Å². The first kappa shape index (κ1) is 15.4. The number of nitrogens with zero attached hydrogens (tertiary/aromatic N) is 2. The quantitative estimate of drug-likeness (QED) is 0.793. The fourth-order valence-electron chi connectivity index (χ4n) is 2.02. The Hall–Kier alpha value is -1.95. The average molecular weight is 295 g/mol. The average Bonchev–Trinajstić information content (AvgIpc) is 2.80. The number of hydrogen-bond donors (Lipinski definition) is 1. The predicted molar refractivity (Wildman–Crippen MR) is 77.7 cm³/mol. The van der Waals surface area contributed by atoms with Crippen LogP contribution in [0.2, 0.25) is 0 Å². The molecule has 0 saturated heterocycles. The minimum atomic E-state index is -0.904. The number of ether oxygens (including phenoxy) is 1. The number of hydrogen-bond acceptors (Lipinski definition) is 3. The number of imidazole rings is 1. The van der Waals surface area contributed by atoms with Crippen molar-refractivity contribution in [2.45, 2.75) is 26.8 Å². The molecule has 0 aliphatic heterocycles. The molecule has 1 aromatic carbocycles. The third-order valence-corrected chi connectivity index (χ3v) is 2.99. The predicted octanol–water partition coefficient (Wildman–Crippen LogP) is 3.64. The normalized spacial score (nSPS) is 10.9. The van der Waals surface area contributed by atoms with Crippen LogP contribution in [0.15, 0.2) is 24.4 Å². The van der Waals surface area contributed by atoms with Crippen molar-refractivity contribution >= 4 is 11.6 Å². The van der Waals surface area contributed by atoms with Crippen LogP contribution < -0.4 is 5.32 Å². The van der Waals surface area contributed by atoms with E-state index in [1.165, 1.54) is 12.1 Å². The summed E-state index contributed by atoms with van der Waals surface area (Å²) < 4.78 is 34.1. The van der Waals surface area contributed by atoms with Gasteiger partial charge < -0.3 is 14.6 Å². The molecule has 0 saturated carbocycles. The summed E-state index contributed by atoms with van der Waals surface area (Å²) in [5.74, 6) is -1.29. The highest BCUT2D eigenvalue weighted by atomic mass is 19.2. The van der Waals surface area contributed by atoms with Crippen molar-refractivity contribution in [1.82, 2.24) is 9.55 Å². The second-order valence-corrected chi connectivity index (χ2v) is 4.68. The topological polar surface area (TPSA) is 39.1 Å². The van der Waals surface area contributed by atoms with E-state index in [9.17, 15) is 8.78 Å². The van der Waals surface area contributed by atoms with Gasteiger partial charge >= 0.3 is 0 Å². The van der Waals surface area contributed by atoms with E-state index < -0.39 is 11.6 Å². The van der Waals surface area contributed by atoms with Gasteiger partial charge in [-0.1, -0.05) is 6.07 Å². The van der Waals surface area contributed by atoms with Crippen LogP contribution in [0.25, 0.3) is 0 Å². The molecule has 21 heavy (non-hydrogen) atoms. The van der Waals surface area contributed by atoms with Crippen LogP contribution in [0.3, 0.4) is 0 Å². The Morgan fingerprint density at radius 3 is 2.90 bits per heavy atom. The van der Waals surface area contributed by atoms with Gasteiger partial charge in [-0.05, 0) is 32.4 Å². The molecule has 0 fully saturated rings. The molecule has 0 atom stereocenters. The molecular formula is C15H19F2N3O. The lowest BCUT2D eigenvalue weighted by Crippen LogP contribution is -2.07. The van der Waals surface area contributed by atoms with Gasteiger partial charge in [0.15, 0.2) is 11.6 Å². The molecule has 4 nitrogen and oxygen atoms in total. The second kappa shape index (κ2) is 7.17. The standard InChI is InChI=1S/C15H19F2N3O/c1-3-21-9-5-8-20-10-11(2)18-15(20)19-13-7-4-6-12(16)14(13)17/h4,6-7,10H,3,5,8-9H2,1-2H3,(H,18,19). The molecule has 1 heterocycles. The maximum Gasteiger partial charge on any atom is 0.207 e. The highest BCUT2D eigenvalue weighted by Gasteiger charge is 2.11. The van der Waals surface area contributed by atoms with Gasteiger partial charge in [0.2, 0.25) is 5.95 Å². The van der Waals surface area contributed by atoms with Crippen molar-refractivity contribution in [3.63, 3.8) is 0 Å². The van der Waals surface area contributed by atoms with E-state index in [1.807, 2.05) is 24.6 Å². The van der Waals surface area contributed by atoms with Crippen LogP contribution >= 0.6 is 0 Å². The van der Waals surface area contributed by atoms with Crippen molar-refractivity contribution in [2.75, 3.05) is 18.5 Å². The lowest BCUT2D eigenvalue weighted by atomic mass is 10.3. The molecule has 2 aromatic rings. The number of aromatic nitrogens is 2. The monoisotopic (exact) mass is 295 g/mol. The Morgan fingerprint density at radius 1 is 1.33 bits per heavy atom. The number of halogens is 2. The van der Waals surface area contributed by atoms with Gasteiger partial charge in [-0.25, -0.2) is 13.8 Å². The van der Waals surface area contributed by atoms with Crippen molar-refractivity contribution in [1.29, 1.82) is 0 Å². The number of nitrogens with one attached hydrogen (secondary N) is 1. The van der Waals surface area contributed by atoms with Crippen LogP contribution in [0.5, 0.6) is 0 Å². The Kier molecular flexibility index (Phi) is 5.27. The molecular weight excluding hydrogens is 276 g/mol. The zero-order valence-corrected chi connectivity index (χ0v) is 12.2. The summed E-state index contributed by atoms with van der Waals surface area (Å²) in [7, 11) is 0. The van der Waals surface area contributed by atoms with Crippen LogP contribution in [0, 0.1) is 18.6 Å². The minimum Gasteiger partial charge on any atom is -0.382 e. The first-order valence-electron chi connectivity index (χ1n) is 6.94. The number of rotatable bonds is 7. The van der Waals surface area contributed by atoms with Gasteiger partial charge in [0.25, 0.3) is 0 Å². The molecule has 0 radical (unpaired) electrons. The molecule has 0 unspecified atom stereocenters. The molecule has 0 aliphatic carbocycles. The van der Waals surface area contributed by atoms with Gasteiger partial charge in [0, 0.05) is 26.0 Å².